The van der Waals surface area contributed by atoms with Gasteiger partial charge in [-0.3, -0.25) is 33.8 Å². The molecular weight excluding hydrogens is 350 g/mol. The standard InChI is InChI=1S/C19H19N3O5/c1-21-16(24)13-7-6-10(8-14(13)17(21)25)20-15(23)9-22-18(26)11-4-2-3-5-12(11)19(22)27/h6-8,11-12H,2-5,9H2,1H3,(H,20,23). The zero-order chi connectivity index (χ0) is 19.3. The Hall–Kier alpha value is -3.03. The lowest BCUT2D eigenvalue weighted by atomic mass is 9.81. The average molecular weight is 369 g/mol. The quantitative estimate of drug-likeness (QED) is 0.802. The first-order valence-electron chi connectivity index (χ1n) is 9.00. The number of nitrogens with zero attached hydrogens (tertiary/aromatic N) is 2. The molecule has 1 saturated carbocycles. The number of amides is 5. The molecule has 1 aromatic carbocycles. The summed E-state index contributed by atoms with van der Waals surface area (Å²) in [5.41, 5.74) is 0.848. The second-order valence-electron chi connectivity index (χ2n) is 7.24. The molecule has 2 heterocycles. The molecule has 27 heavy (non-hydrogen) atoms. The molecule has 8 heteroatoms. The highest BCUT2D eigenvalue weighted by Gasteiger charge is 2.48. The Labute approximate surface area is 155 Å². The zero-order valence-corrected chi connectivity index (χ0v) is 14.9. The predicted octanol–water partition coefficient (Wildman–Crippen LogP) is 1.03. The number of likely N-dealkylation sites (tertiary alicyclic amines) is 1. The molecule has 2 aliphatic heterocycles. The molecule has 140 valence electrons. The van der Waals surface area contributed by atoms with Crippen molar-refractivity contribution in [2.24, 2.45) is 11.8 Å². The molecule has 2 atom stereocenters. The van der Waals surface area contributed by atoms with Crippen LogP contribution >= 0.6 is 0 Å². The van der Waals surface area contributed by atoms with E-state index in [0.29, 0.717) is 18.5 Å². The van der Waals surface area contributed by atoms with E-state index in [1.807, 2.05) is 0 Å². The van der Waals surface area contributed by atoms with Crippen LogP contribution in [0.3, 0.4) is 0 Å². The van der Waals surface area contributed by atoms with Crippen LogP contribution in [0.25, 0.3) is 0 Å². The van der Waals surface area contributed by atoms with Crippen LogP contribution in [-0.4, -0.2) is 52.9 Å². The Morgan fingerprint density at radius 1 is 1.00 bits per heavy atom. The van der Waals surface area contributed by atoms with E-state index in [0.717, 1.165) is 22.6 Å². The van der Waals surface area contributed by atoms with Crippen LogP contribution in [0.5, 0.6) is 0 Å². The maximum absolute atomic E-state index is 12.4. The second-order valence-corrected chi connectivity index (χ2v) is 7.24. The van der Waals surface area contributed by atoms with Crippen molar-refractivity contribution in [3.05, 3.63) is 29.3 Å². The van der Waals surface area contributed by atoms with Gasteiger partial charge in [0.05, 0.1) is 23.0 Å². The minimum atomic E-state index is -0.513. The predicted molar refractivity (Wildman–Crippen MR) is 93.7 cm³/mol. The van der Waals surface area contributed by atoms with Crippen molar-refractivity contribution >= 4 is 35.2 Å². The second kappa shape index (κ2) is 6.29. The number of fused-ring (bicyclic) bond motifs is 2. The van der Waals surface area contributed by atoms with E-state index < -0.39 is 11.8 Å². The van der Waals surface area contributed by atoms with Crippen LogP contribution in [0.15, 0.2) is 18.2 Å². The molecule has 3 aliphatic rings. The first-order valence-corrected chi connectivity index (χ1v) is 9.00. The van der Waals surface area contributed by atoms with Gasteiger partial charge in [0.2, 0.25) is 17.7 Å². The first-order chi connectivity index (χ1) is 12.9. The van der Waals surface area contributed by atoms with Crippen molar-refractivity contribution in [1.82, 2.24) is 9.80 Å². The minimum absolute atomic E-state index is 0.222. The molecule has 0 aromatic heterocycles. The van der Waals surface area contributed by atoms with Crippen molar-refractivity contribution in [2.75, 3.05) is 18.9 Å². The van der Waals surface area contributed by atoms with Gasteiger partial charge in [0.1, 0.15) is 6.54 Å². The first kappa shape index (κ1) is 17.4. The fourth-order valence-electron chi connectivity index (χ4n) is 4.17. The van der Waals surface area contributed by atoms with Crippen molar-refractivity contribution in [3.63, 3.8) is 0 Å². The molecule has 1 saturated heterocycles. The molecule has 0 spiro atoms. The number of nitrogens with one attached hydrogen (secondary N) is 1. The highest BCUT2D eigenvalue weighted by atomic mass is 16.2. The third kappa shape index (κ3) is 2.72. The monoisotopic (exact) mass is 369 g/mol. The van der Waals surface area contributed by atoms with Gasteiger partial charge in [0, 0.05) is 12.7 Å². The van der Waals surface area contributed by atoms with Crippen molar-refractivity contribution in [3.8, 4) is 0 Å². The lowest BCUT2D eigenvalue weighted by Crippen LogP contribution is -2.38. The molecule has 0 bridgehead atoms. The summed E-state index contributed by atoms with van der Waals surface area (Å²) in [6.07, 6.45) is 3.25. The minimum Gasteiger partial charge on any atom is -0.325 e. The van der Waals surface area contributed by atoms with E-state index in [1.165, 1.54) is 25.2 Å². The van der Waals surface area contributed by atoms with Gasteiger partial charge in [-0.2, -0.15) is 0 Å². The van der Waals surface area contributed by atoms with Crippen LogP contribution < -0.4 is 5.32 Å². The average Bonchev–Trinajstić information content (AvgIpc) is 3.03. The Bertz CT molecular complexity index is 869. The maximum Gasteiger partial charge on any atom is 0.261 e. The van der Waals surface area contributed by atoms with Crippen LogP contribution in [0.4, 0.5) is 5.69 Å². The highest BCUT2D eigenvalue weighted by molar-refractivity contribution is 6.21. The fraction of sp³-hybridized carbons (Fsp3) is 0.421. The molecule has 5 amide bonds. The van der Waals surface area contributed by atoms with Crippen LogP contribution in [0, 0.1) is 11.8 Å². The van der Waals surface area contributed by atoms with Crippen LogP contribution in [-0.2, 0) is 14.4 Å². The van der Waals surface area contributed by atoms with Crippen molar-refractivity contribution in [1.29, 1.82) is 0 Å². The zero-order valence-electron chi connectivity index (χ0n) is 14.9. The molecule has 1 aliphatic carbocycles. The number of carbonyl (C=O) groups is 5. The third-order valence-corrected chi connectivity index (χ3v) is 5.61. The number of imide groups is 2. The van der Waals surface area contributed by atoms with E-state index in [-0.39, 0.29) is 47.2 Å². The van der Waals surface area contributed by atoms with E-state index in [1.54, 1.807) is 0 Å². The van der Waals surface area contributed by atoms with Crippen molar-refractivity contribution < 1.29 is 24.0 Å². The van der Waals surface area contributed by atoms with Gasteiger partial charge in [0.15, 0.2) is 0 Å². The molecule has 1 N–H and O–H groups in total. The SMILES string of the molecule is CN1C(=O)c2ccc(NC(=O)CN3C(=O)C4CCCCC4C3=O)cc2C1=O. The summed E-state index contributed by atoms with van der Waals surface area (Å²) in [7, 11) is 1.40. The summed E-state index contributed by atoms with van der Waals surface area (Å²) in [6.45, 7) is -0.339. The van der Waals surface area contributed by atoms with E-state index in [4.69, 9.17) is 0 Å². The summed E-state index contributed by atoms with van der Waals surface area (Å²) < 4.78 is 0. The Kier molecular flexibility index (Phi) is 4.05. The number of carbonyl (C=O) groups excluding carboxylic acids is 5. The number of hydrogen-bond acceptors (Lipinski definition) is 5. The number of hydrogen-bond donors (Lipinski definition) is 1. The van der Waals surface area contributed by atoms with Gasteiger partial charge in [-0.05, 0) is 31.0 Å². The van der Waals surface area contributed by atoms with Crippen LogP contribution in [0.1, 0.15) is 46.4 Å². The van der Waals surface area contributed by atoms with Gasteiger partial charge in [-0.1, -0.05) is 12.8 Å². The van der Waals surface area contributed by atoms with Crippen molar-refractivity contribution in [2.45, 2.75) is 25.7 Å². The Balaban J connectivity index is 1.46. The summed E-state index contributed by atoms with van der Waals surface area (Å²) in [5, 5.41) is 2.60. The summed E-state index contributed by atoms with van der Waals surface area (Å²) in [6, 6.07) is 4.44. The maximum atomic E-state index is 12.4. The largest absolute Gasteiger partial charge is 0.325 e. The smallest absolute Gasteiger partial charge is 0.261 e. The Morgan fingerprint density at radius 2 is 1.59 bits per heavy atom. The van der Waals surface area contributed by atoms with Gasteiger partial charge in [-0.25, -0.2) is 0 Å². The molecular formula is C19H19N3O5. The molecule has 2 fully saturated rings. The van der Waals surface area contributed by atoms with Gasteiger partial charge < -0.3 is 5.32 Å². The molecule has 8 nitrogen and oxygen atoms in total. The normalized spacial score (nSPS) is 24.3. The molecule has 1 aromatic rings. The Morgan fingerprint density at radius 3 is 2.22 bits per heavy atom. The molecule has 4 rings (SSSR count). The number of benzene rings is 1. The lowest BCUT2D eigenvalue weighted by Gasteiger charge is -2.19. The van der Waals surface area contributed by atoms with Gasteiger partial charge >= 0.3 is 0 Å². The van der Waals surface area contributed by atoms with Gasteiger partial charge in [0.25, 0.3) is 11.8 Å². The number of rotatable bonds is 3. The van der Waals surface area contributed by atoms with Gasteiger partial charge in [-0.15, -0.1) is 0 Å². The molecule has 0 radical (unpaired) electrons. The number of anilines is 1. The lowest BCUT2D eigenvalue weighted by molar-refractivity contribution is -0.142. The summed E-state index contributed by atoms with van der Waals surface area (Å²) in [5.74, 6) is -2.45. The topological polar surface area (TPSA) is 104 Å². The van der Waals surface area contributed by atoms with E-state index >= 15 is 0 Å². The highest BCUT2D eigenvalue weighted by Crippen LogP contribution is 2.37. The summed E-state index contributed by atoms with van der Waals surface area (Å²) in [4.78, 5) is 63.3. The summed E-state index contributed by atoms with van der Waals surface area (Å²) >= 11 is 0. The molecule has 2 unspecified atom stereocenters. The van der Waals surface area contributed by atoms with E-state index in [2.05, 4.69) is 5.32 Å². The van der Waals surface area contributed by atoms with E-state index in [9.17, 15) is 24.0 Å². The van der Waals surface area contributed by atoms with Crippen LogP contribution in [0.2, 0.25) is 0 Å². The third-order valence-electron chi connectivity index (χ3n) is 5.61. The fourth-order valence-corrected chi connectivity index (χ4v) is 4.17.